The number of nitrogens with zero attached hydrogens (tertiary/aromatic N) is 6. The number of nitrogen functional groups attached to an aromatic ring is 1. The van der Waals surface area contributed by atoms with E-state index in [1.807, 2.05) is 32.9 Å². The van der Waals surface area contributed by atoms with Crippen LogP contribution in [0.5, 0.6) is 5.75 Å². The second kappa shape index (κ2) is 17.1. The number of oxime groups is 1. The number of piperidine rings is 1. The number of carbonyl (C=O) groups excluding carboxylic acids is 3. The second-order valence-electron chi connectivity index (χ2n) is 16.0. The molecule has 6 rings (SSSR count). The first-order valence-electron chi connectivity index (χ1n) is 18.7. The van der Waals surface area contributed by atoms with Crippen LogP contribution >= 0.6 is 11.3 Å². The summed E-state index contributed by atoms with van der Waals surface area (Å²) in [7, 11) is -5.03. The molecule has 1 aromatic carbocycles. The van der Waals surface area contributed by atoms with Crippen LogP contribution in [-0.4, -0.2) is 141 Å². The zero-order valence-corrected chi connectivity index (χ0v) is 34.6. The van der Waals surface area contributed by atoms with Crippen LogP contribution in [0.3, 0.4) is 0 Å². The number of β-lactam (4-membered cyclic amide) rings is 1. The number of benzene rings is 1. The molecule has 21 nitrogen and oxygen atoms in total. The van der Waals surface area contributed by atoms with E-state index in [2.05, 4.69) is 30.0 Å². The van der Waals surface area contributed by atoms with Crippen LogP contribution in [0, 0.1) is 5.92 Å². The van der Waals surface area contributed by atoms with E-state index in [0.717, 1.165) is 55.0 Å². The largest absolute Gasteiger partial charge is 0.489 e. The van der Waals surface area contributed by atoms with E-state index >= 15 is 0 Å². The molecule has 3 saturated heterocycles. The number of fused-ring (bicyclic) bond motifs is 1. The van der Waals surface area contributed by atoms with Crippen molar-refractivity contribution in [3.8, 4) is 5.75 Å². The summed E-state index contributed by atoms with van der Waals surface area (Å²) in [6.45, 7) is 12.0. The molecule has 6 N–H and O–H groups in total. The van der Waals surface area contributed by atoms with Gasteiger partial charge in [-0.15, -0.1) is 15.6 Å². The molecule has 0 aliphatic carbocycles. The lowest BCUT2D eigenvalue weighted by Gasteiger charge is -2.50. The molecule has 2 atom stereocenters. The molecular formula is C36H47N9O12S2. The molecule has 0 saturated carbocycles. The molecule has 320 valence electrons. The number of carboxylic acid groups (broad SMARTS) is 1. The molecule has 1 unspecified atom stereocenters. The lowest BCUT2D eigenvalue weighted by atomic mass is 9.84. The molecule has 3 aliphatic rings. The lowest BCUT2D eigenvalue weighted by Crippen LogP contribution is -2.76. The van der Waals surface area contributed by atoms with Gasteiger partial charge >= 0.3 is 22.5 Å². The van der Waals surface area contributed by atoms with Crippen molar-refractivity contribution >= 4 is 73.2 Å². The Balaban J connectivity index is 1.01. The van der Waals surface area contributed by atoms with E-state index in [4.69, 9.17) is 29.6 Å². The molecule has 59 heavy (non-hydrogen) atoms. The fourth-order valence-electron chi connectivity index (χ4n) is 6.72. The number of ether oxygens (including phenoxy) is 2. The van der Waals surface area contributed by atoms with Gasteiger partial charge in [0.1, 0.15) is 35.5 Å². The molecule has 3 aliphatic heterocycles. The van der Waals surface area contributed by atoms with Gasteiger partial charge in [-0.2, -0.15) is 13.5 Å². The molecular weight excluding hydrogens is 815 g/mol. The van der Waals surface area contributed by atoms with E-state index in [-0.39, 0.29) is 23.0 Å². The van der Waals surface area contributed by atoms with Gasteiger partial charge in [0, 0.05) is 55.4 Å². The minimum atomic E-state index is -5.03. The standard InChI is InChI=1S/C36H47N9O12S2/c1-35(2,3)55-34(50)44-16-20(17-44)15-43-12-10-22(11-13-43)38-27-9-6-21-14-23(7-8-24(21)39-27)54-18-26(32(48)49)56-42-28(25-19-58-33(37)40-25)30(46)41-29-31(47)45(36(29,4)5)57-59(51,52)53/h6-9,14,19-20,22,26,29H,10-13,15-18H2,1-5H3,(H2,37,40)(H,38,39)(H,41,46)(H,48,49)(H,51,52,53)/b42-28-/t26?,29-/m1/s1. The van der Waals surface area contributed by atoms with E-state index in [9.17, 15) is 32.7 Å². The minimum Gasteiger partial charge on any atom is -0.489 e. The molecule has 2 aromatic heterocycles. The van der Waals surface area contributed by atoms with Gasteiger partial charge in [0.2, 0.25) is 0 Å². The Labute approximate surface area is 343 Å². The van der Waals surface area contributed by atoms with Crippen LogP contribution in [0.15, 0.2) is 40.9 Å². The number of nitrogens with one attached hydrogen (secondary N) is 2. The Morgan fingerprint density at radius 3 is 2.44 bits per heavy atom. The third kappa shape index (κ3) is 10.8. The molecule has 23 heteroatoms. The van der Waals surface area contributed by atoms with Crippen molar-refractivity contribution in [2.75, 3.05) is 50.4 Å². The van der Waals surface area contributed by atoms with Crippen LogP contribution < -0.4 is 21.1 Å². The van der Waals surface area contributed by atoms with Crippen LogP contribution in [0.25, 0.3) is 10.9 Å². The zero-order chi connectivity index (χ0) is 42.9. The van der Waals surface area contributed by atoms with Crippen molar-refractivity contribution in [2.24, 2.45) is 11.1 Å². The molecule has 0 bridgehead atoms. The summed E-state index contributed by atoms with van der Waals surface area (Å²) in [4.78, 5) is 68.5. The van der Waals surface area contributed by atoms with E-state index < -0.39 is 63.8 Å². The highest BCUT2D eigenvalue weighted by atomic mass is 32.3. The van der Waals surface area contributed by atoms with Crippen molar-refractivity contribution in [1.82, 2.24) is 30.1 Å². The maximum atomic E-state index is 13.3. The highest BCUT2D eigenvalue weighted by molar-refractivity contribution is 7.80. The first-order valence-corrected chi connectivity index (χ1v) is 20.9. The van der Waals surface area contributed by atoms with Crippen LogP contribution in [-0.2, 0) is 38.6 Å². The van der Waals surface area contributed by atoms with Crippen molar-refractivity contribution in [3.05, 3.63) is 41.4 Å². The number of carboxylic acids is 1. The van der Waals surface area contributed by atoms with Gasteiger partial charge in [-0.1, -0.05) is 5.16 Å². The quantitative estimate of drug-likeness (QED) is 0.0633. The molecule has 0 spiro atoms. The summed E-state index contributed by atoms with van der Waals surface area (Å²) in [5.74, 6) is -2.00. The second-order valence-corrected chi connectivity index (χ2v) is 17.9. The number of nitrogens with two attached hydrogens (primary N) is 1. The van der Waals surface area contributed by atoms with E-state index in [1.54, 1.807) is 23.1 Å². The summed E-state index contributed by atoms with van der Waals surface area (Å²) >= 11 is 0.957. The highest BCUT2D eigenvalue weighted by Crippen LogP contribution is 2.33. The number of carbonyl (C=O) groups is 4. The van der Waals surface area contributed by atoms with Gasteiger partial charge in [0.15, 0.2) is 10.8 Å². The van der Waals surface area contributed by atoms with Gasteiger partial charge in [-0.05, 0) is 77.8 Å². The number of anilines is 2. The first kappa shape index (κ1) is 43.2. The summed E-state index contributed by atoms with van der Waals surface area (Å²) in [6, 6.07) is 7.72. The monoisotopic (exact) mass is 861 g/mol. The highest BCUT2D eigenvalue weighted by Gasteiger charge is 2.58. The molecule has 3 fully saturated rings. The SMILES string of the molecule is CC(C)(C)OC(=O)N1CC(CN2CCC(Nc3ccc4cc(OCC(O/N=C(\C(=O)N[C@@H]5C(=O)N(OS(=O)(=O)O)C5(C)C)c5csc(N)n5)C(=O)O)ccc4n3)CC2)C1. The normalized spacial score (nSPS) is 19.7. The van der Waals surface area contributed by atoms with Gasteiger partial charge in [0.05, 0.1) is 11.1 Å². The van der Waals surface area contributed by atoms with Crippen molar-refractivity contribution < 1.29 is 55.9 Å². The van der Waals surface area contributed by atoms with Crippen molar-refractivity contribution in [2.45, 2.75) is 76.8 Å². The molecule has 5 heterocycles. The van der Waals surface area contributed by atoms with Crippen LogP contribution in [0.2, 0.25) is 0 Å². The van der Waals surface area contributed by atoms with Gasteiger partial charge in [0.25, 0.3) is 17.9 Å². The minimum absolute atomic E-state index is 0.0525. The average Bonchev–Trinajstić information content (AvgIpc) is 3.56. The number of amides is 3. The number of thiazole rings is 1. The maximum Gasteiger partial charge on any atom is 0.418 e. The first-order chi connectivity index (χ1) is 27.6. The zero-order valence-electron chi connectivity index (χ0n) is 33.0. The number of hydroxylamine groups is 2. The number of aliphatic carboxylic acids is 1. The summed E-state index contributed by atoms with van der Waals surface area (Å²) < 4.78 is 46.8. The fourth-order valence-corrected chi connectivity index (χ4v) is 7.73. The van der Waals surface area contributed by atoms with Gasteiger partial charge in [-0.3, -0.25) is 14.1 Å². The predicted octanol–water partition coefficient (Wildman–Crippen LogP) is 2.11. The number of hydrogen-bond acceptors (Lipinski definition) is 17. The molecule has 3 aromatic rings. The summed E-state index contributed by atoms with van der Waals surface area (Å²) in [5.41, 5.74) is 3.86. The topological polar surface area (TPSA) is 278 Å². The summed E-state index contributed by atoms with van der Waals surface area (Å²) in [5, 5.41) is 22.1. The molecule has 0 radical (unpaired) electrons. The smallest absolute Gasteiger partial charge is 0.418 e. The van der Waals surface area contributed by atoms with E-state index in [1.165, 1.54) is 19.2 Å². The van der Waals surface area contributed by atoms with E-state index in [0.29, 0.717) is 35.3 Å². The number of likely N-dealkylation sites (tertiary alicyclic amines) is 2. The number of pyridine rings is 1. The Morgan fingerprint density at radius 2 is 1.83 bits per heavy atom. The van der Waals surface area contributed by atoms with Crippen LogP contribution in [0.4, 0.5) is 15.7 Å². The van der Waals surface area contributed by atoms with Crippen molar-refractivity contribution in [3.63, 3.8) is 0 Å². The third-order valence-corrected chi connectivity index (χ3v) is 10.8. The number of hydrogen-bond donors (Lipinski definition) is 5. The fraction of sp³-hybridized carbons (Fsp3) is 0.528. The Hall–Kier alpha value is -5.36. The average molecular weight is 862 g/mol. The van der Waals surface area contributed by atoms with Crippen molar-refractivity contribution in [1.29, 1.82) is 0 Å². The van der Waals surface area contributed by atoms with Gasteiger partial charge < -0.3 is 45.6 Å². The summed E-state index contributed by atoms with van der Waals surface area (Å²) in [6.07, 6.45) is -0.0709. The number of rotatable bonds is 15. The molecule has 3 amide bonds. The Bertz CT molecular complexity index is 2210. The Morgan fingerprint density at radius 1 is 1.12 bits per heavy atom. The van der Waals surface area contributed by atoms with Crippen LogP contribution in [0.1, 0.15) is 53.2 Å². The maximum absolute atomic E-state index is 13.3. The Kier molecular flexibility index (Phi) is 12.5. The predicted molar refractivity (Wildman–Crippen MR) is 213 cm³/mol. The van der Waals surface area contributed by atoms with Gasteiger partial charge in [-0.25, -0.2) is 19.6 Å². The lowest BCUT2D eigenvalue weighted by molar-refractivity contribution is -0.218. The number of aromatic nitrogens is 2. The third-order valence-electron chi connectivity index (χ3n) is 9.77.